The van der Waals surface area contributed by atoms with E-state index in [0.29, 0.717) is 19.4 Å². The number of likely N-dealkylation sites (tertiary alicyclic amines) is 1. The number of hydrogen-bond acceptors (Lipinski definition) is 5. The van der Waals surface area contributed by atoms with E-state index < -0.39 is 0 Å². The van der Waals surface area contributed by atoms with Crippen molar-refractivity contribution < 1.29 is 18.7 Å². The number of nitrogens with one attached hydrogen (secondary N) is 1. The molecule has 33 heavy (non-hydrogen) atoms. The molecule has 1 saturated heterocycles. The molecule has 1 fully saturated rings. The van der Waals surface area contributed by atoms with Gasteiger partial charge in [0.05, 0.1) is 20.3 Å². The number of nitrogens with zero attached hydrogens (tertiary/aromatic N) is 1. The number of methoxy groups -OCH3 is 2. The molecular formula is C27H32N2O4. The van der Waals surface area contributed by atoms with Gasteiger partial charge in [0.15, 0.2) is 0 Å². The second kappa shape index (κ2) is 11.1. The Hall–Kier alpha value is -3.25. The Bertz CT molecular complexity index is 1040. The standard InChI is InChI=1S/C27H32N2O4/c1-31-22-10-8-20(9-11-22)26-14-12-23(33-26)13-15-27(30)28-19-25(29-16-3-4-17-29)21-6-5-7-24(18-21)32-2/h5-12,14,18,25H,3-4,13,15-17,19H2,1-2H3,(H,28,30). The Morgan fingerprint density at radius 2 is 1.76 bits per heavy atom. The molecule has 0 saturated carbocycles. The van der Waals surface area contributed by atoms with Crippen LogP contribution in [0.15, 0.2) is 65.1 Å². The van der Waals surface area contributed by atoms with E-state index in [1.54, 1.807) is 14.2 Å². The molecule has 0 bridgehead atoms. The molecule has 1 atom stereocenters. The zero-order valence-corrected chi connectivity index (χ0v) is 19.4. The van der Waals surface area contributed by atoms with Crippen LogP contribution >= 0.6 is 0 Å². The summed E-state index contributed by atoms with van der Waals surface area (Å²) >= 11 is 0. The topological polar surface area (TPSA) is 63.9 Å². The predicted molar refractivity (Wildman–Crippen MR) is 129 cm³/mol. The molecule has 2 heterocycles. The number of carbonyl (C=O) groups excluding carboxylic acids is 1. The predicted octanol–water partition coefficient (Wildman–Crippen LogP) is 4.85. The van der Waals surface area contributed by atoms with E-state index in [1.807, 2.05) is 48.5 Å². The van der Waals surface area contributed by atoms with Gasteiger partial charge >= 0.3 is 0 Å². The first kappa shape index (κ1) is 22.9. The highest BCUT2D eigenvalue weighted by Crippen LogP contribution is 2.28. The molecule has 1 aliphatic heterocycles. The van der Waals surface area contributed by atoms with E-state index in [-0.39, 0.29) is 11.9 Å². The van der Waals surface area contributed by atoms with Gasteiger partial charge in [-0.1, -0.05) is 12.1 Å². The number of furan rings is 1. The van der Waals surface area contributed by atoms with Gasteiger partial charge in [-0.05, 0) is 80.0 Å². The molecule has 0 aliphatic carbocycles. The van der Waals surface area contributed by atoms with Crippen LogP contribution in [-0.4, -0.2) is 44.7 Å². The van der Waals surface area contributed by atoms with Crippen molar-refractivity contribution in [3.63, 3.8) is 0 Å². The molecule has 1 aromatic heterocycles. The minimum Gasteiger partial charge on any atom is -0.497 e. The fraction of sp³-hybridized carbons (Fsp3) is 0.370. The van der Waals surface area contributed by atoms with E-state index in [2.05, 4.69) is 22.3 Å². The zero-order valence-electron chi connectivity index (χ0n) is 19.4. The van der Waals surface area contributed by atoms with Crippen molar-refractivity contribution in [1.82, 2.24) is 10.2 Å². The molecule has 3 aromatic rings. The summed E-state index contributed by atoms with van der Waals surface area (Å²) in [5, 5.41) is 3.14. The first-order valence-electron chi connectivity index (χ1n) is 11.5. The third-order valence-corrected chi connectivity index (χ3v) is 6.19. The maximum atomic E-state index is 12.6. The minimum atomic E-state index is 0.0319. The van der Waals surface area contributed by atoms with E-state index in [0.717, 1.165) is 41.7 Å². The largest absolute Gasteiger partial charge is 0.497 e. The summed E-state index contributed by atoms with van der Waals surface area (Å²) in [6.45, 7) is 2.69. The average Bonchev–Trinajstić information content (AvgIpc) is 3.56. The van der Waals surface area contributed by atoms with E-state index in [9.17, 15) is 4.79 Å². The van der Waals surface area contributed by atoms with Crippen LogP contribution in [-0.2, 0) is 11.2 Å². The van der Waals surface area contributed by atoms with Crippen molar-refractivity contribution in [2.45, 2.75) is 31.7 Å². The zero-order chi connectivity index (χ0) is 23.0. The number of hydrogen-bond donors (Lipinski definition) is 1. The number of aryl methyl sites for hydroxylation is 1. The highest BCUT2D eigenvalue weighted by molar-refractivity contribution is 5.76. The van der Waals surface area contributed by atoms with E-state index in [4.69, 9.17) is 13.9 Å². The molecule has 2 aromatic carbocycles. The van der Waals surface area contributed by atoms with Gasteiger partial charge in [0.2, 0.25) is 5.91 Å². The summed E-state index contributed by atoms with van der Waals surface area (Å²) in [5.74, 6) is 3.28. The Kier molecular flexibility index (Phi) is 7.68. The molecule has 1 unspecified atom stereocenters. The van der Waals surface area contributed by atoms with Crippen LogP contribution in [0, 0.1) is 0 Å². The van der Waals surface area contributed by atoms with Gasteiger partial charge in [-0.15, -0.1) is 0 Å². The first-order valence-corrected chi connectivity index (χ1v) is 11.5. The molecule has 1 N–H and O–H groups in total. The van der Waals surface area contributed by atoms with Crippen LogP contribution in [0.25, 0.3) is 11.3 Å². The fourth-order valence-electron chi connectivity index (χ4n) is 4.32. The Labute approximate surface area is 195 Å². The summed E-state index contributed by atoms with van der Waals surface area (Å²) < 4.78 is 16.6. The SMILES string of the molecule is COc1ccc(-c2ccc(CCC(=O)NCC(c3cccc(OC)c3)N3CCCC3)o2)cc1. The normalized spacial score (nSPS) is 14.7. The highest BCUT2D eigenvalue weighted by atomic mass is 16.5. The Balaban J connectivity index is 1.32. The molecular weight excluding hydrogens is 416 g/mol. The van der Waals surface area contributed by atoms with Crippen molar-refractivity contribution in [2.75, 3.05) is 33.9 Å². The van der Waals surface area contributed by atoms with E-state index in [1.165, 1.54) is 18.4 Å². The van der Waals surface area contributed by atoms with Gasteiger partial charge in [0.1, 0.15) is 23.0 Å². The summed E-state index contributed by atoms with van der Waals surface area (Å²) in [7, 11) is 3.33. The van der Waals surface area contributed by atoms with Crippen molar-refractivity contribution in [3.05, 3.63) is 72.0 Å². The van der Waals surface area contributed by atoms with Crippen molar-refractivity contribution in [1.29, 1.82) is 0 Å². The molecule has 1 amide bonds. The molecule has 1 aliphatic rings. The minimum absolute atomic E-state index is 0.0319. The van der Waals surface area contributed by atoms with Gasteiger partial charge < -0.3 is 19.2 Å². The molecule has 174 valence electrons. The smallest absolute Gasteiger partial charge is 0.220 e. The van der Waals surface area contributed by atoms with Crippen LogP contribution in [0.5, 0.6) is 11.5 Å². The lowest BCUT2D eigenvalue weighted by atomic mass is 10.0. The molecule has 4 rings (SSSR count). The number of ether oxygens (including phenoxy) is 2. The van der Waals surface area contributed by atoms with Crippen LogP contribution in [0.2, 0.25) is 0 Å². The average molecular weight is 449 g/mol. The third-order valence-electron chi connectivity index (χ3n) is 6.19. The second-order valence-electron chi connectivity index (χ2n) is 8.33. The summed E-state index contributed by atoms with van der Waals surface area (Å²) in [4.78, 5) is 15.1. The number of benzene rings is 2. The van der Waals surface area contributed by atoms with Crippen LogP contribution in [0.4, 0.5) is 0 Å². The number of amides is 1. The van der Waals surface area contributed by atoms with Gasteiger partial charge in [-0.25, -0.2) is 0 Å². The van der Waals surface area contributed by atoms with Gasteiger partial charge in [0.25, 0.3) is 0 Å². The maximum Gasteiger partial charge on any atom is 0.220 e. The summed E-state index contributed by atoms with van der Waals surface area (Å²) in [5.41, 5.74) is 2.16. The number of carbonyl (C=O) groups is 1. The quantitative estimate of drug-likeness (QED) is 0.480. The summed E-state index contributed by atoms with van der Waals surface area (Å²) in [6.07, 6.45) is 3.35. The van der Waals surface area contributed by atoms with Gasteiger partial charge in [-0.2, -0.15) is 0 Å². The van der Waals surface area contributed by atoms with Crippen molar-refractivity contribution in [3.8, 4) is 22.8 Å². The van der Waals surface area contributed by atoms with Crippen molar-refractivity contribution in [2.24, 2.45) is 0 Å². The summed E-state index contributed by atoms with van der Waals surface area (Å²) in [6, 6.07) is 19.9. The van der Waals surface area contributed by atoms with Crippen LogP contribution < -0.4 is 14.8 Å². The molecule has 6 nitrogen and oxygen atoms in total. The highest BCUT2D eigenvalue weighted by Gasteiger charge is 2.24. The Morgan fingerprint density at radius 3 is 2.48 bits per heavy atom. The van der Waals surface area contributed by atoms with Crippen molar-refractivity contribution >= 4 is 5.91 Å². The van der Waals surface area contributed by atoms with E-state index >= 15 is 0 Å². The lowest BCUT2D eigenvalue weighted by Crippen LogP contribution is -2.36. The first-order chi connectivity index (χ1) is 16.2. The lowest BCUT2D eigenvalue weighted by Gasteiger charge is -2.28. The van der Waals surface area contributed by atoms with Crippen LogP contribution in [0.3, 0.4) is 0 Å². The molecule has 0 radical (unpaired) electrons. The second-order valence-corrected chi connectivity index (χ2v) is 8.33. The van der Waals surface area contributed by atoms with Crippen LogP contribution in [0.1, 0.15) is 36.6 Å². The third kappa shape index (κ3) is 5.96. The Morgan fingerprint density at radius 1 is 1.00 bits per heavy atom. The molecule has 0 spiro atoms. The maximum absolute atomic E-state index is 12.6. The molecule has 6 heteroatoms. The monoisotopic (exact) mass is 448 g/mol. The fourth-order valence-corrected chi connectivity index (χ4v) is 4.32. The lowest BCUT2D eigenvalue weighted by molar-refractivity contribution is -0.121. The number of rotatable bonds is 10. The van der Waals surface area contributed by atoms with Gasteiger partial charge in [0, 0.05) is 24.9 Å². The van der Waals surface area contributed by atoms with Gasteiger partial charge in [-0.3, -0.25) is 9.69 Å².